The first-order chi connectivity index (χ1) is 34.5. The standard InChI is InChI=1S/C64H116O6/c1-4-7-10-13-16-19-21-23-25-27-29-30-31-32-33-34-36-37-39-41-43-45-48-51-54-57-63(66)69-60-61(59-68-62(65)56-53-50-47-18-15-12-9-6-3)70-64(67)58-55-52-49-46-44-42-40-38-35-28-26-24-22-20-17-14-11-8-5-2/h8,11,17,20,24,26,35,38,61H,4-7,9-10,12-16,18-19,21-23,25,27-34,36-37,39-60H2,1-3H3/b11-8-,20-17-,26-24-,38-35-. The quantitative estimate of drug-likeness (QED) is 0.0261. The monoisotopic (exact) mass is 981 g/mol. The molecule has 0 heterocycles. The highest BCUT2D eigenvalue weighted by atomic mass is 16.6. The predicted octanol–water partition coefficient (Wildman–Crippen LogP) is 20.6. The molecule has 6 heteroatoms. The molecule has 0 amide bonds. The molecule has 0 aromatic heterocycles. The van der Waals surface area contributed by atoms with Gasteiger partial charge in [-0.1, -0.05) is 294 Å². The Morgan fingerprint density at radius 2 is 0.557 bits per heavy atom. The number of hydrogen-bond donors (Lipinski definition) is 0. The van der Waals surface area contributed by atoms with E-state index in [0.29, 0.717) is 19.3 Å². The lowest BCUT2D eigenvalue weighted by Crippen LogP contribution is -2.30. The van der Waals surface area contributed by atoms with Gasteiger partial charge in [-0.05, 0) is 57.8 Å². The molecule has 0 aliphatic heterocycles. The van der Waals surface area contributed by atoms with Crippen LogP contribution in [0.25, 0.3) is 0 Å². The smallest absolute Gasteiger partial charge is 0.306 e. The largest absolute Gasteiger partial charge is 0.462 e. The van der Waals surface area contributed by atoms with Crippen LogP contribution in [-0.4, -0.2) is 37.2 Å². The van der Waals surface area contributed by atoms with Crippen LogP contribution in [0.5, 0.6) is 0 Å². The molecular formula is C64H116O6. The summed E-state index contributed by atoms with van der Waals surface area (Å²) < 4.78 is 16.8. The molecule has 1 unspecified atom stereocenters. The maximum absolute atomic E-state index is 12.8. The topological polar surface area (TPSA) is 78.9 Å². The summed E-state index contributed by atoms with van der Waals surface area (Å²) >= 11 is 0. The fraction of sp³-hybridized carbons (Fsp3) is 0.828. The summed E-state index contributed by atoms with van der Waals surface area (Å²) in [7, 11) is 0. The van der Waals surface area contributed by atoms with Crippen LogP contribution in [-0.2, 0) is 28.6 Å². The van der Waals surface area contributed by atoms with E-state index in [1.165, 1.54) is 186 Å². The van der Waals surface area contributed by atoms with Crippen LogP contribution in [0.1, 0.15) is 323 Å². The minimum absolute atomic E-state index is 0.0751. The molecule has 0 bridgehead atoms. The van der Waals surface area contributed by atoms with Gasteiger partial charge in [-0.3, -0.25) is 14.4 Å². The lowest BCUT2D eigenvalue weighted by Gasteiger charge is -2.18. The fourth-order valence-electron chi connectivity index (χ4n) is 9.02. The summed E-state index contributed by atoms with van der Waals surface area (Å²) in [6.07, 6.45) is 72.8. The van der Waals surface area contributed by atoms with Gasteiger partial charge in [0.15, 0.2) is 6.10 Å². The molecular weight excluding hydrogens is 865 g/mol. The minimum atomic E-state index is -0.776. The second-order valence-corrected chi connectivity index (χ2v) is 20.6. The number of ether oxygens (including phenoxy) is 3. The van der Waals surface area contributed by atoms with Gasteiger partial charge in [0.2, 0.25) is 0 Å². The maximum atomic E-state index is 12.8. The highest BCUT2D eigenvalue weighted by molar-refractivity contribution is 5.71. The Hall–Kier alpha value is -2.63. The third-order valence-corrected chi connectivity index (χ3v) is 13.6. The van der Waals surface area contributed by atoms with Crippen molar-refractivity contribution in [3.8, 4) is 0 Å². The number of allylic oxidation sites excluding steroid dienone is 8. The summed E-state index contributed by atoms with van der Waals surface area (Å²) in [5.74, 6) is -0.877. The number of hydrogen-bond acceptors (Lipinski definition) is 6. The van der Waals surface area contributed by atoms with E-state index in [2.05, 4.69) is 69.4 Å². The number of carbonyl (C=O) groups excluding carboxylic acids is 3. The zero-order valence-electron chi connectivity index (χ0n) is 46.8. The van der Waals surface area contributed by atoms with Gasteiger partial charge in [0.1, 0.15) is 13.2 Å². The van der Waals surface area contributed by atoms with Crippen molar-refractivity contribution in [3.05, 3.63) is 48.6 Å². The van der Waals surface area contributed by atoms with Gasteiger partial charge in [-0.25, -0.2) is 0 Å². The number of esters is 3. The van der Waals surface area contributed by atoms with Gasteiger partial charge in [0.05, 0.1) is 0 Å². The Kier molecular flexibility index (Phi) is 56.7. The van der Waals surface area contributed by atoms with E-state index in [9.17, 15) is 14.4 Å². The molecule has 0 aliphatic rings. The van der Waals surface area contributed by atoms with E-state index in [4.69, 9.17) is 14.2 Å². The second-order valence-electron chi connectivity index (χ2n) is 20.6. The Labute approximate surface area is 435 Å². The van der Waals surface area contributed by atoms with Crippen molar-refractivity contribution in [1.82, 2.24) is 0 Å². The Morgan fingerprint density at radius 1 is 0.300 bits per heavy atom. The molecule has 0 aliphatic carbocycles. The molecule has 70 heavy (non-hydrogen) atoms. The van der Waals surface area contributed by atoms with Crippen molar-refractivity contribution in [3.63, 3.8) is 0 Å². The number of carbonyl (C=O) groups is 3. The van der Waals surface area contributed by atoms with E-state index in [1.807, 2.05) is 0 Å². The molecule has 0 rings (SSSR count). The first kappa shape index (κ1) is 67.4. The van der Waals surface area contributed by atoms with Crippen molar-refractivity contribution in [2.45, 2.75) is 329 Å². The van der Waals surface area contributed by atoms with Gasteiger partial charge < -0.3 is 14.2 Å². The summed E-state index contributed by atoms with van der Waals surface area (Å²) in [5, 5.41) is 0. The normalized spacial score (nSPS) is 12.3. The van der Waals surface area contributed by atoms with Crippen LogP contribution >= 0.6 is 0 Å². The lowest BCUT2D eigenvalue weighted by molar-refractivity contribution is -0.167. The average Bonchev–Trinajstić information content (AvgIpc) is 3.36. The SMILES string of the molecule is CC/C=C\C/C=C\C/C=C\C/C=C\CCCCCCCCC(=O)OC(COC(=O)CCCCCCCCCC)COC(=O)CCCCCCCCCCCCCCCCCCCCCCCCCCC. The summed E-state index contributed by atoms with van der Waals surface area (Å²) in [4.78, 5) is 38.1. The van der Waals surface area contributed by atoms with Gasteiger partial charge in [-0.2, -0.15) is 0 Å². The molecule has 408 valence electrons. The molecule has 0 fully saturated rings. The molecule has 0 spiro atoms. The van der Waals surface area contributed by atoms with Crippen molar-refractivity contribution in [1.29, 1.82) is 0 Å². The van der Waals surface area contributed by atoms with E-state index in [-0.39, 0.29) is 31.1 Å². The van der Waals surface area contributed by atoms with E-state index < -0.39 is 6.10 Å². The van der Waals surface area contributed by atoms with Gasteiger partial charge in [0, 0.05) is 19.3 Å². The third kappa shape index (κ3) is 56.3. The molecule has 0 saturated heterocycles. The van der Waals surface area contributed by atoms with E-state index in [1.54, 1.807) is 0 Å². The highest BCUT2D eigenvalue weighted by Crippen LogP contribution is 2.17. The van der Waals surface area contributed by atoms with Crippen LogP contribution in [0.3, 0.4) is 0 Å². The minimum Gasteiger partial charge on any atom is -0.462 e. The second kappa shape index (κ2) is 58.9. The van der Waals surface area contributed by atoms with E-state index >= 15 is 0 Å². The molecule has 1 atom stereocenters. The Balaban J connectivity index is 4.15. The predicted molar refractivity (Wildman–Crippen MR) is 302 cm³/mol. The third-order valence-electron chi connectivity index (χ3n) is 13.6. The molecule has 0 aromatic carbocycles. The van der Waals surface area contributed by atoms with Gasteiger partial charge in [-0.15, -0.1) is 0 Å². The van der Waals surface area contributed by atoms with Crippen LogP contribution in [0.15, 0.2) is 48.6 Å². The zero-order valence-corrected chi connectivity index (χ0v) is 46.8. The van der Waals surface area contributed by atoms with Gasteiger partial charge in [0.25, 0.3) is 0 Å². The average molecular weight is 982 g/mol. The maximum Gasteiger partial charge on any atom is 0.306 e. The highest BCUT2D eigenvalue weighted by Gasteiger charge is 2.19. The Bertz CT molecular complexity index is 1220. The molecule has 0 aromatic rings. The number of unbranched alkanes of at least 4 members (excludes halogenated alkanes) is 37. The van der Waals surface area contributed by atoms with Crippen molar-refractivity contribution < 1.29 is 28.6 Å². The molecule has 0 N–H and O–H groups in total. The molecule has 0 radical (unpaired) electrons. The van der Waals surface area contributed by atoms with E-state index in [0.717, 1.165) is 96.3 Å². The molecule has 6 nitrogen and oxygen atoms in total. The van der Waals surface area contributed by atoms with Crippen molar-refractivity contribution in [2.75, 3.05) is 13.2 Å². The zero-order chi connectivity index (χ0) is 50.7. The Morgan fingerprint density at radius 3 is 0.871 bits per heavy atom. The summed E-state index contributed by atoms with van der Waals surface area (Å²) in [6.45, 7) is 6.53. The van der Waals surface area contributed by atoms with Crippen LogP contribution in [0, 0.1) is 0 Å². The lowest BCUT2D eigenvalue weighted by atomic mass is 10.0. The van der Waals surface area contributed by atoms with Crippen molar-refractivity contribution >= 4 is 17.9 Å². The van der Waals surface area contributed by atoms with Crippen LogP contribution in [0.4, 0.5) is 0 Å². The summed E-state index contributed by atoms with van der Waals surface area (Å²) in [5.41, 5.74) is 0. The number of rotatable bonds is 56. The fourth-order valence-corrected chi connectivity index (χ4v) is 9.02. The van der Waals surface area contributed by atoms with Gasteiger partial charge >= 0.3 is 17.9 Å². The molecule has 0 saturated carbocycles. The first-order valence-electron chi connectivity index (χ1n) is 30.6. The summed E-state index contributed by atoms with van der Waals surface area (Å²) in [6, 6.07) is 0. The van der Waals surface area contributed by atoms with Crippen LogP contribution < -0.4 is 0 Å². The first-order valence-corrected chi connectivity index (χ1v) is 30.6. The van der Waals surface area contributed by atoms with Crippen molar-refractivity contribution in [2.24, 2.45) is 0 Å². The van der Waals surface area contributed by atoms with Crippen LogP contribution in [0.2, 0.25) is 0 Å².